The van der Waals surface area contributed by atoms with Gasteiger partial charge in [-0.15, -0.1) is 0 Å². The second-order valence-corrected chi connectivity index (χ2v) is 26.3. The Kier molecular flexibility index (Phi) is 7.53. The van der Waals surface area contributed by atoms with E-state index in [0.29, 0.717) is 0 Å². The molecule has 4 heteroatoms. The summed E-state index contributed by atoms with van der Waals surface area (Å²) in [5.41, 5.74) is 30.0. The SMILES string of the molecule is CC1(C)Cc2ccc(N3c4cc5c(cc4B4c6cc7c(cc6N(c6ccc8c(c6)CC(C)(C)C8)c6cc(N8c9ccccc9C9(C)CCC89C)cc3c64)CC(C)(C)C7)CC(C)(C)C5)cc2C1. The van der Waals surface area contributed by atoms with Gasteiger partial charge in [0.25, 0.3) is 6.71 Å². The van der Waals surface area contributed by atoms with Gasteiger partial charge in [0.15, 0.2) is 0 Å². The molecule has 6 aromatic carbocycles. The van der Waals surface area contributed by atoms with E-state index in [2.05, 4.69) is 181 Å². The van der Waals surface area contributed by atoms with Crippen LogP contribution < -0.4 is 31.1 Å². The molecule has 14 rings (SSSR count). The molecule has 8 aliphatic rings. The van der Waals surface area contributed by atoms with Gasteiger partial charge < -0.3 is 14.7 Å². The van der Waals surface area contributed by atoms with Gasteiger partial charge in [-0.3, -0.25) is 0 Å². The zero-order valence-corrected chi connectivity index (χ0v) is 41.2. The van der Waals surface area contributed by atoms with Crippen LogP contribution in [0.2, 0.25) is 0 Å². The lowest BCUT2D eigenvalue weighted by molar-refractivity contribution is 0.133. The summed E-state index contributed by atoms with van der Waals surface area (Å²) in [5.74, 6) is 0. The summed E-state index contributed by atoms with van der Waals surface area (Å²) in [4.78, 5) is 8.30. The molecule has 3 aliphatic heterocycles. The molecule has 2 atom stereocenters. The summed E-state index contributed by atoms with van der Waals surface area (Å²) in [6.45, 7) is 24.9. The Hall–Kier alpha value is -5.22. The second-order valence-electron chi connectivity index (χ2n) is 26.3. The van der Waals surface area contributed by atoms with E-state index in [1.54, 1.807) is 11.1 Å². The van der Waals surface area contributed by atoms with Crippen LogP contribution in [0.15, 0.2) is 97.1 Å². The monoisotopic (exact) mass is 864 g/mol. The van der Waals surface area contributed by atoms with Crippen molar-refractivity contribution < 1.29 is 0 Å². The molecule has 3 nitrogen and oxygen atoms in total. The van der Waals surface area contributed by atoms with Crippen molar-refractivity contribution in [2.75, 3.05) is 14.7 Å². The first-order valence-electron chi connectivity index (χ1n) is 25.5. The van der Waals surface area contributed by atoms with E-state index in [1.165, 1.54) is 114 Å². The van der Waals surface area contributed by atoms with Crippen LogP contribution >= 0.6 is 0 Å². The predicted molar refractivity (Wildman–Crippen MR) is 279 cm³/mol. The zero-order chi connectivity index (χ0) is 45.2. The van der Waals surface area contributed by atoms with Gasteiger partial charge in [0, 0.05) is 50.9 Å². The van der Waals surface area contributed by atoms with Crippen LogP contribution in [0.4, 0.5) is 45.5 Å². The number of para-hydroxylation sites is 1. The van der Waals surface area contributed by atoms with Crippen molar-refractivity contribution >= 4 is 68.6 Å². The fourth-order valence-electron chi connectivity index (χ4n) is 15.6. The molecule has 0 saturated heterocycles. The topological polar surface area (TPSA) is 9.72 Å². The first-order valence-corrected chi connectivity index (χ1v) is 25.5. The Bertz CT molecular complexity index is 3020. The maximum absolute atomic E-state index is 2.80. The summed E-state index contributed by atoms with van der Waals surface area (Å²) in [6, 6.07) is 40.5. The van der Waals surface area contributed by atoms with Crippen molar-refractivity contribution in [1.82, 2.24) is 0 Å². The molecule has 2 unspecified atom stereocenters. The first kappa shape index (κ1) is 39.9. The smallest absolute Gasteiger partial charge is 0.252 e. The molecule has 1 saturated carbocycles. The minimum atomic E-state index is -0.0248. The van der Waals surface area contributed by atoms with Crippen molar-refractivity contribution in [3.63, 3.8) is 0 Å². The molecule has 0 aromatic heterocycles. The number of nitrogens with zero attached hydrogens (tertiary/aromatic N) is 3. The highest BCUT2D eigenvalue weighted by atomic mass is 15.3. The summed E-state index contributed by atoms with van der Waals surface area (Å²) in [6.07, 6.45) is 11.4. The second kappa shape index (κ2) is 12.5. The van der Waals surface area contributed by atoms with Crippen molar-refractivity contribution in [1.29, 1.82) is 0 Å². The molecular formula is C62H66BN3. The van der Waals surface area contributed by atoms with Crippen LogP contribution in [0.5, 0.6) is 0 Å². The predicted octanol–water partition coefficient (Wildman–Crippen LogP) is 13.2. The average Bonchev–Trinajstić information content (AvgIpc) is 3.97. The molecule has 1 fully saturated rings. The standard InChI is InChI=1S/C62H66BN3/c1-57(2)29-37-15-17-45(21-39(37)31-57)64-52-25-43-35-59(5,6)33-41(43)23-49(52)63-50-24-42-34-60(7,8)36-44(42)26-53(50)65(46-18-16-38-30-58(3,4)32-40(38)22-46)55-28-47(27-54(64)56(55)63)66-51-14-12-11-13-48(51)61(9)19-20-62(61,66)10/h11-18,21-28H,19-20,29-36H2,1-10H3. The van der Waals surface area contributed by atoms with Gasteiger partial charge >= 0.3 is 0 Å². The van der Waals surface area contributed by atoms with Crippen molar-refractivity contribution in [3.05, 3.63) is 147 Å². The van der Waals surface area contributed by atoms with Crippen molar-refractivity contribution in [3.8, 4) is 0 Å². The van der Waals surface area contributed by atoms with Crippen LogP contribution in [-0.2, 0) is 56.8 Å². The Labute approximate surface area is 394 Å². The molecule has 0 N–H and O–H groups in total. The van der Waals surface area contributed by atoms with Gasteiger partial charge in [-0.2, -0.15) is 0 Å². The third-order valence-electron chi connectivity index (χ3n) is 18.7. The van der Waals surface area contributed by atoms with Crippen LogP contribution in [0.1, 0.15) is 132 Å². The number of benzene rings is 6. The highest BCUT2D eigenvalue weighted by molar-refractivity contribution is 7.00. The third kappa shape index (κ3) is 5.34. The molecule has 332 valence electrons. The van der Waals surface area contributed by atoms with E-state index in [1.807, 2.05) is 0 Å². The number of anilines is 8. The summed E-state index contributed by atoms with van der Waals surface area (Å²) in [5, 5.41) is 0. The molecule has 5 aliphatic carbocycles. The number of hydrogen-bond donors (Lipinski definition) is 0. The Morgan fingerprint density at radius 3 is 1.26 bits per heavy atom. The molecule has 6 aromatic rings. The van der Waals surface area contributed by atoms with Crippen LogP contribution in [-0.4, -0.2) is 12.3 Å². The van der Waals surface area contributed by atoms with E-state index in [-0.39, 0.29) is 39.3 Å². The average molecular weight is 864 g/mol. The van der Waals surface area contributed by atoms with Gasteiger partial charge in [-0.05, 0) is 214 Å². The lowest BCUT2D eigenvalue weighted by atomic mass is 9.33. The van der Waals surface area contributed by atoms with E-state index < -0.39 is 0 Å². The highest BCUT2D eigenvalue weighted by Gasteiger charge is 2.63. The summed E-state index contributed by atoms with van der Waals surface area (Å²) < 4.78 is 0. The Balaban J connectivity index is 1.10. The third-order valence-corrected chi connectivity index (χ3v) is 18.7. The summed E-state index contributed by atoms with van der Waals surface area (Å²) >= 11 is 0. The Morgan fingerprint density at radius 2 is 0.803 bits per heavy atom. The lowest BCUT2D eigenvalue weighted by Gasteiger charge is -2.56. The number of rotatable bonds is 3. The largest absolute Gasteiger partial charge is 0.334 e. The van der Waals surface area contributed by atoms with E-state index in [9.17, 15) is 0 Å². The molecule has 66 heavy (non-hydrogen) atoms. The van der Waals surface area contributed by atoms with E-state index >= 15 is 0 Å². The maximum Gasteiger partial charge on any atom is 0.252 e. The van der Waals surface area contributed by atoms with Crippen molar-refractivity contribution in [2.45, 2.75) is 144 Å². The molecule has 0 amide bonds. The molecule has 0 radical (unpaired) electrons. The fourth-order valence-corrected chi connectivity index (χ4v) is 15.6. The lowest BCUT2D eigenvalue weighted by Crippen LogP contribution is -2.62. The maximum atomic E-state index is 2.80. The highest BCUT2D eigenvalue weighted by Crippen LogP contribution is 2.65. The molecule has 3 heterocycles. The van der Waals surface area contributed by atoms with Crippen LogP contribution in [0.3, 0.4) is 0 Å². The minimum Gasteiger partial charge on any atom is -0.334 e. The summed E-state index contributed by atoms with van der Waals surface area (Å²) in [7, 11) is 0. The van der Waals surface area contributed by atoms with Crippen molar-refractivity contribution in [2.24, 2.45) is 21.7 Å². The van der Waals surface area contributed by atoms with Gasteiger partial charge in [0.2, 0.25) is 0 Å². The zero-order valence-electron chi connectivity index (χ0n) is 41.2. The molecule has 0 spiro atoms. The quantitative estimate of drug-likeness (QED) is 0.164. The van der Waals surface area contributed by atoms with Gasteiger partial charge in [-0.1, -0.05) is 105 Å². The molecule has 0 bridgehead atoms. The Morgan fingerprint density at radius 1 is 0.379 bits per heavy atom. The van der Waals surface area contributed by atoms with Gasteiger partial charge in [0.05, 0.1) is 5.54 Å². The van der Waals surface area contributed by atoms with E-state index in [0.717, 1.165) is 51.4 Å². The van der Waals surface area contributed by atoms with Crippen LogP contribution in [0, 0.1) is 21.7 Å². The first-order chi connectivity index (χ1) is 31.3. The number of fused-ring (bicyclic) bond motifs is 11. The van der Waals surface area contributed by atoms with Crippen LogP contribution in [0.25, 0.3) is 0 Å². The normalized spacial score (nSPS) is 25.3. The molecular weight excluding hydrogens is 798 g/mol. The minimum absolute atomic E-state index is 0.0248. The van der Waals surface area contributed by atoms with Gasteiger partial charge in [-0.25, -0.2) is 0 Å². The fraction of sp³-hybridized carbons (Fsp3) is 0.419. The number of hydrogen-bond acceptors (Lipinski definition) is 3. The van der Waals surface area contributed by atoms with Gasteiger partial charge in [0.1, 0.15) is 0 Å². The van der Waals surface area contributed by atoms with E-state index in [4.69, 9.17) is 0 Å².